The highest BCUT2D eigenvalue weighted by molar-refractivity contribution is 6.13. The van der Waals surface area contributed by atoms with E-state index >= 15 is 0 Å². The number of para-hydroxylation sites is 2. The molecular weight excluding hydrogens is 569 g/mol. The molecule has 0 saturated carbocycles. The van der Waals surface area contributed by atoms with Crippen molar-refractivity contribution in [1.82, 2.24) is 9.13 Å². The lowest BCUT2D eigenvalue weighted by Crippen LogP contribution is -2.26. The summed E-state index contributed by atoms with van der Waals surface area (Å²) in [6, 6.07) is 58.1. The van der Waals surface area contributed by atoms with Crippen LogP contribution in [0.4, 0.5) is 0 Å². The van der Waals surface area contributed by atoms with Gasteiger partial charge in [-0.3, -0.25) is 0 Å². The third kappa shape index (κ3) is 3.67. The summed E-state index contributed by atoms with van der Waals surface area (Å²) in [6.45, 7) is 4.77. The standard InChI is InChI=1S/C45H32N2/c1-45(2)38-18-11-17-35-34-16-9-10-19-40(34)47(44(35)38)43-25-22-33(28-39(43)45)46-41-23-20-31(29-12-5-3-6-13-29)26-36(41)37-27-32(21-24-42(37)46)30-14-7-4-8-15-30/h3-28H,1-2H3. The third-order valence-corrected chi connectivity index (χ3v) is 10.5. The van der Waals surface area contributed by atoms with Gasteiger partial charge in [-0.1, -0.05) is 123 Å². The quantitative estimate of drug-likeness (QED) is 0.191. The van der Waals surface area contributed by atoms with E-state index < -0.39 is 0 Å². The van der Waals surface area contributed by atoms with Crippen molar-refractivity contribution in [3.8, 4) is 33.6 Å². The molecular formula is C45H32N2. The molecule has 1 aliphatic rings. The van der Waals surface area contributed by atoms with Crippen molar-refractivity contribution >= 4 is 43.6 Å². The summed E-state index contributed by atoms with van der Waals surface area (Å²) in [5, 5.41) is 5.16. The number of nitrogens with zero attached hydrogens (tertiary/aromatic N) is 2. The second-order valence-electron chi connectivity index (χ2n) is 13.4. The van der Waals surface area contributed by atoms with Crippen molar-refractivity contribution in [2.24, 2.45) is 0 Å². The van der Waals surface area contributed by atoms with Crippen LogP contribution in [0.25, 0.3) is 77.2 Å². The second kappa shape index (κ2) is 9.57. The van der Waals surface area contributed by atoms with Crippen molar-refractivity contribution in [2.75, 3.05) is 0 Å². The van der Waals surface area contributed by atoms with Crippen LogP contribution >= 0.6 is 0 Å². The molecule has 3 heterocycles. The smallest absolute Gasteiger partial charge is 0.0582 e. The van der Waals surface area contributed by atoms with E-state index in [1.54, 1.807) is 0 Å². The fourth-order valence-corrected chi connectivity index (χ4v) is 8.20. The summed E-state index contributed by atoms with van der Waals surface area (Å²) in [5.74, 6) is 0. The Morgan fingerprint density at radius 3 is 1.62 bits per heavy atom. The Morgan fingerprint density at radius 2 is 0.957 bits per heavy atom. The molecule has 2 aromatic heterocycles. The second-order valence-corrected chi connectivity index (χ2v) is 13.4. The summed E-state index contributed by atoms with van der Waals surface area (Å²) in [7, 11) is 0. The summed E-state index contributed by atoms with van der Waals surface area (Å²) in [6.07, 6.45) is 0. The van der Waals surface area contributed by atoms with E-state index in [-0.39, 0.29) is 5.41 Å². The predicted octanol–water partition coefficient (Wildman–Crippen LogP) is 11.9. The van der Waals surface area contributed by atoms with Crippen molar-refractivity contribution in [3.63, 3.8) is 0 Å². The van der Waals surface area contributed by atoms with Gasteiger partial charge in [0.1, 0.15) is 0 Å². The SMILES string of the molecule is CC1(C)c2cc(-n3c4ccc(-c5ccccc5)cc4c4cc(-c5ccccc5)ccc43)ccc2-n2c3ccccc3c3cccc1c32. The highest BCUT2D eigenvalue weighted by Crippen LogP contribution is 2.48. The number of rotatable bonds is 3. The van der Waals surface area contributed by atoms with Crippen LogP contribution in [0.5, 0.6) is 0 Å². The zero-order chi connectivity index (χ0) is 31.3. The average Bonchev–Trinajstić information content (AvgIpc) is 3.64. The fraction of sp³-hybridized carbons (Fsp3) is 0.0667. The molecule has 222 valence electrons. The van der Waals surface area contributed by atoms with E-state index in [9.17, 15) is 0 Å². The molecule has 0 aliphatic carbocycles. The van der Waals surface area contributed by atoms with E-state index in [1.807, 2.05) is 0 Å². The summed E-state index contributed by atoms with van der Waals surface area (Å²) in [4.78, 5) is 0. The van der Waals surface area contributed by atoms with Crippen LogP contribution in [-0.4, -0.2) is 9.13 Å². The fourth-order valence-electron chi connectivity index (χ4n) is 8.20. The van der Waals surface area contributed by atoms with Gasteiger partial charge in [-0.05, 0) is 81.9 Å². The maximum atomic E-state index is 2.49. The maximum Gasteiger partial charge on any atom is 0.0582 e. The molecule has 0 bridgehead atoms. The molecule has 0 radical (unpaired) electrons. The Morgan fingerprint density at radius 1 is 0.383 bits per heavy atom. The van der Waals surface area contributed by atoms with Crippen LogP contribution < -0.4 is 0 Å². The summed E-state index contributed by atoms with van der Waals surface area (Å²) >= 11 is 0. The molecule has 10 rings (SSSR count). The highest BCUT2D eigenvalue weighted by atomic mass is 15.0. The van der Waals surface area contributed by atoms with E-state index in [0.29, 0.717) is 0 Å². The predicted molar refractivity (Wildman–Crippen MR) is 198 cm³/mol. The molecule has 1 aliphatic heterocycles. The molecule has 9 aromatic rings. The molecule has 0 atom stereocenters. The Kier molecular flexibility index (Phi) is 5.37. The first-order valence-corrected chi connectivity index (χ1v) is 16.4. The van der Waals surface area contributed by atoms with Crippen molar-refractivity contribution in [1.29, 1.82) is 0 Å². The number of aromatic nitrogens is 2. The monoisotopic (exact) mass is 600 g/mol. The highest BCUT2D eigenvalue weighted by Gasteiger charge is 2.35. The average molecular weight is 601 g/mol. The molecule has 47 heavy (non-hydrogen) atoms. The summed E-state index contributed by atoms with van der Waals surface area (Å²) in [5.41, 5.74) is 14.9. The van der Waals surface area contributed by atoms with E-state index in [2.05, 4.69) is 181 Å². The molecule has 0 saturated heterocycles. The molecule has 0 unspecified atom stereocenters. The van der Waals surface area contributed by atoms with Gasteiger partial charge in [-0.15, -0.1) is 0 Å². The van der Waals surface area contributed by atoms with Crippen LogP contribution in [-0.2, 0) is 5.41 Å². The lowest BCUT2D eigenvalue weighted by Gasteiger charge is -2.35. The van der Waals surface area contributed by atoms with E-state index in [1.165, 1.54) is 88.4 Å². The van der Waals surface area contributed by atoms with Gasteiger partial charge in [0.25, 0.3) is 0 Å². The van der Waals surface area contributed by atoms with E-state index in [0.717, 1.165) is 0 Å². The summed E-state index contributed by atoms with van der Waals surface area (Å²) < 4.78 is 4.96. The van der Waals surface area contributed by atoms with Gasteiger partial charge in [0.05, 0.1) is 27.8 Å². The lowest BCUT2D eigenvalue weighted by molar-refractivity contribution is 0.629. The van der Waals surface area contributed by atoms with Crippen LogP contribution in [0.3, 0.4) is 0 Å². The Labute approximate surface area is 273 Å². The zero-order valence-corrected chi connectivity index (χ0v) is 26.4. The normalized spacial score (nSPS) is 13.5. The first-order valence-electron chi connectivity index (χ1n) is 16.4. The molecule has 2 nitrogen and oxygen atoms in total. The van der Waals surface area contributed by atoms with Gasteiger partial charge in [0.2, 0.25) is 0 Å². The molecule has 0 amide bonds. The number of hydrogen-bond donors (Lipinski definition) is 0. The van der Waals surface area contributed by atoms with Gasteiger partial charge in [-0.25, -0.2) is 0 Å². The van der Waals surface area contributed by atoms with Crippen molar-refractivity contribution in [3.05, 3.63) is 169 Å². The first-order chi connectivity index (χ1) is 23.1. The van der Waals surface area contributed by atoms with Gasteiger partial charge in [-0.2, -0.15) is 0 Å². The molecule has 2 heteroatoms. The largest absolute Gasteiger partial charge is 0.309 e. The third-order valence-electron chi connectivity index (χ3n) is 10.5. The van der Waals surface area contributed by atoms with Gasteiger partial charge in [0.15, 0.2) is 0 Å². The number of benzene rings is 7. The minimum Gasteiger partial charge on any atom is -0.309 e. The lowest BCUT2D eigenvalue weighted by atomic mass is 9.74. The minimum absolute atomic E-state index is 0.172. The minimum atomic E-state index is -0.172. The first kappa shape index (κ1) is 26.4. The number of fused-ring (bicyclic) bond motifs is 8. The topological polar surface area (TPSA) is 9.86 Å². The van der Waals surface area contributed by atoms with E-state index in [4.69, 9.17) is 0 Å². The molecule has 0 N–H and O–H groups in total. The van der Waals surface area contributed by atoms with Crippen LogP contribution in [0, 0.1) is 0 Å². The van der Waals surface area contributed by atoms with Crippen molar-refractivity contribution < 1.29 is 0 Å². The Balaban J connectivity index is 1.25. The van der Waals surface area contributed by atoms with Gasteiger partial charge >= 0.3 is 0 Å². The maximum absolute atomic E-state index is 2.49. The van der Waals surface area contributed by atoms with Crippen LogP contribution in [0.15, 0.2) is 158 Å². The molecule has 0 fully saturated rings. The van der Waals surface area contributed by atoms with Crippen LogP contribution in [0.2, 0.25) is 0 Å². The van der Waals surface area contributed by atoms with Gasteiger partial charge in [0, 0.05) is 32.6 Å². The zero-order valence-electron chi connectivity index (χ0n) is 26.4. The van der Waals surface area contributed by atoms with Gasteiger partial charge < -0.3 is 9.13 Å². The Bertz CT molecular complexity index is 2590. The van der Waals surface area contributed by atoms with Crippen LogP contribution in [0.1, 0.15) is 25.0 Å². The number of hydrogen-bond acceptors (Lipinski definition) is 0. The molecule has 0 spiro atoms. The molecule has 7 aromatic carbocycles. The Hall–Kier alpha value is -5.86. The van der Waals surface area contributed by atoms with Crippen molar-refractivity contribution in [2.45, 2.75) is 19.3 Å².